The number of pyridine rings is 1. The van der Waals surface area contributed by atoms with Gasteiger partial charge in [0, 0.05) is 36.3 Å². The Bertz CT molecular complexity index is 1150. The second kappa shape index (κ2) is 8.95. The van der Waals surface area contributed by atoms with Gasteiger partial charge < -0.3 is 10.6 Å². The van der Waals surface area contributed by atoms with E-state index < -0.39 is 4.92 Å². The molecule has 2 aromatic carbocycles. The van der Waals surface area contributed by atoms with Crippen LogP contribution < -0.4 is 10.6 Å². The molecule has 8 nitrogen and oxygen atoms in total. The van der Waals surface area contributed by atoms with Gasteiger partial charge in [-0.25, -0.2) is 4.98 Å². The van der Waals surface area contributed by atoms with E-state index in [1.807, 2.05) is 36.4 Å². The van der Waals surface area contributed by atoms with Crippen molar-refractivity contribution in [1.29, 1.82) is 0 Å². The summed E-state index contributed by atoms with van der Waals surface area (Å²) < 4.78 is 0. The van der Waals surface area contributed by atoms with Crippen molar-refractivity contribution in [3.05, 3.63) is 94.3 Å². The molecule has 2 heterocycles. The van der Waals surface area contributed by atoms with Gasteiger partial charge in [0.05, 0.1) is 10.6 Å². The number of nitro groups is 1. The van der Waals surface area contributed by atoms with Gasteiger partial charge in [0.2, 0.25) is 0 Å². The first-order valence-electron chi connectivity index (χ1n) is 9.57. The largest absolute Gasteiger partial charge is 0.368 e. The van der Waals surface area contributed by atoms with Crippen molar-refractivity contribution in [2.45, 2.75) is 6.42 Å². The van der Waals surface area contributed by atoms with E-state index in [4.69, 9.17) is 0 Å². The summed E-state index contributed by atoms with van der Waals surface area (Å²) in [6, 6.07) is 21.3. The smallest absolute Gasteiger partial charge is 0.287 e. The predicted octanol–water partition coefficient (Wildman–Crippen LogP) is 4.05. The molecule has 0 unspecified atom stereocenters. The van der Waals surface area contributed by atoms with Gasteiger partial charge in [-0.2, -0.15) is 5.10 Å². The Morgan fingerprint density at radius 3 is 2.30 bits per heavy atom. The number of benzene rings is 2. The standard InChI is InChI=1S/C22H20N6O2/c29-28(30)17-10-11-21(25-15-17)23-12-13-24-22-19-9-5-4-8-18(19)20(26-27-22)14-16-6-2-1-3-7-16/h1-11,15H,12-14H2,(H,23,25)(H,24,27). The number of nitrogens with zero attached hydrogens (tertiary/aromatic N) is 4. The van der Waals surface area contributed by atoms with Crippen molar-refractivity contribution in [2.75, 3.05) is 23.7 Å². The fraction of sp³-hybridized carbons (Fsp3) is 0.136. The molecule has 4 aromatic rings. The number of rotatable bonds is 8. The third-order valence-corrected chi connectivity index (χ3v) is 4.66. The van der Waals surface area contributed by atoms with Crippen molar-refractivity contribution in [3.8, 4) is 0 Å². The van der Waals surface area contributed by atoms with Crippen molar-refractivity contribution < 1.29 is 4.92 Å². The predicted molar refractivity (Wildman–Crippen MR) is 117 cm³/mol. The van der Waals surface area contributed by atoms with E-state index in [2.05, 4.69) is 44.0 Å². The lowest BCUT2D eigenvalue weighted by atomic mass is 10.0. The minimum atomic E-state index is -0.469. The Kier molecular flexibility index (Phi) is 5.75. The van der Waals surface area contributed by atoms with Gasteiger partial charge in [0.15, 0.2) is 5.82 Å². The van der Waals surface area contributed by atoms with Crippen LogP contribution in [-0.4, -0.2) is 33.2 Å². The Morgan fingerprint density at radius 1 is 0.833 bits per heavy atom. The van der Waals surface area contributed by atoms with E-state index in [1.165, 1.54) is 17.8 Å². The summed E-state index contributed by atoms with van der Waals surface area (Å²) in [7, 11) is 0. The molecule has 0 aliphatic carbocycles. The van der Waals surface area contributed by atoms with Gasteiger partial charge in [-0.05, 0) is 11.6 Å². The number of hydrogen-bond acceptors (Lipinski definition) is 7. The molecular formula is C22H20N6O2. The highest BCUT2D eigenvalue weighted by molar-refractivity contribution is 5.93. The first-order chi connectivity index (χ1) is 14.7. The molecule has 0 radical (unpaired) electrons. The van der Waals surface area contributed by atoms with Crippen LogP contribution in [0, 0.1) is 10.1 Å². The summed E-state index contributed by atoms with van der Waals surface area (Å²) in [6.45, 7) is 1.17. The Labute approximate surface area is 173 Å². The third-order valence-electron chi connectivity index (χ3n) is 4.66. The first-order valence-corrected chi connectivity index (χ1v) is 9.57. The maximum atomic E-state index is 10.7. The topological polar surface area (TPSA) is 106 Å². The molecule has 0 amide bonds. The van der Waals surface area contributed by atoms with E-state index in [0.717, 1.165) is 28.7 Å². The second-order valence-corrected chi connectivity index (χ2v) is 6.72. The summed E-state index contributed by atoms with van der Waals surface area (Å²) in [5.41, 5.74) is 2.10. The van der Waals surface area contributed by atoms with Crippen LogP contribution in [-0.2, 0) is 6.42 Å². The van der Waals surface area contributed by atoms with Gasteiger partial charge >= 0.3 is 0 Å². The lowest BCUT2D eigenvalue weighted by molar-refractivity contribution is -0.385. The van der Waals surface area contributed by atoms with Crippen LogP contribution in [0.5, 0.6) is 0 Å². The normalized spacial score (nSPS) is 10.7. The lowest BCUT2D eigenvalue weighted by Crippen LogP contribution is -2.15. The van der Waals surface area contributed by atoms with Crippen LogP contribution in [0.2, 0.25) is 0 Å². The van der Waals surface area contributed by atoms with E-state index in [1.54, 1.807) is 6.07 Å². The molecule has 0 bridgehead atoms. The molecule has 0 saturated heterocycles. The summed E-state index contributed by atoms with van der Waals surface area (Å²) in [5, 5.41) is 28.1. The summed E-state index contributed by atoms with van der Waals surface area (Å²) in [5.74, 6) is 1.30. The van der Waals surface area contributed by atoms with E-state index in [0.29, 0.717) is 18.9 Å². The van der Waals surface area contributed by atoms with Crippen molar-refractivity contribution >= 4 is 28.1 Å². The van der Waals surface area contributed by atoms with Crippen LogP contribution in [0.25, 0.3) is 10.8 Å². The molecule has 2 N–H and O–H groups in total. The van der Waals surface area contributed by atoms with Crippen molar-refractivity contribution in [3.63, 3.8) is 0 Å². The fourth-order valence-corrected chi connectivity index (χ4v) is 3.18. The summed E-state index contributed by atoms with van der Waals surface area (Å²) in [4.78, 5) is 14.3. The summed E-state index contributed by atoms with van der Waals surface area (Å²) in [6.07, 6.45) is 1.96. The molecule has 0 spiro atoms. The Balaban J connectivity index is 1.42. The van der Waals surface area contributed by atoms with Crippen LogP contribution in [0.15, 0.2) is 72.9 Å². The SMILES string of the molecule is O=[N+]([O-])c1ccc(NCCNc2nnc(Cc3ccccc3)c3ccccc23)nc1. The van der Waals surface area contributed by atoms with Crippen molar-refractivity contribution in [2.24, 2.45) is 0 Å². The molecule has 4 rings (SSSR count). The molecule has 0 atom stereocenters. The molecule has 0 aliphatic rings. The number of nitrogens with one attached hydrogen (secondary N) is 2. The van der Waals surface area contributed by atoms with E-state index >= 15 is 0 Å². The van der Waals surface area contributed by atoms with Crippen LogP contribution in [0.3, 0.4) is 0 Å². The van der Waals surface area contributed by atoms with Gasteiger partial charge in [-0.1, -0.05) is 54.6 Å². The molecule has 150 valence electrons. The van der Waals surface area contributed by atoms with Gasteiger partial charge in [-0.3, -0.25) is 10.1 Å². The molecule has 0 saturated carbocycles. The van der Waals surface area contributed by atoms with Crippen LogP contribution in [0.4, 0.5) is 17.3 Å². The number of hydrogen-bond donors (Lipinski definition) is 2. The minimum Gasteiger partial charge on any atom is -0.368 e. The minimum absolute atomic E-state index is 0.0315. The zero-order valence-corrected chi connectivity index (χ0v) is 16.2. The highest BCUT2D eigenvalue weighted by atomic mass is 16.6. The molecule has 8 heteroatoms. The molecule has 2 aromatic heterocycles. The molecule has 0 fully saturated rings. The number of aromatic nitrogens is 3. The fourth-order valence-electron chi connectivity index (χ4n) is 3.18. The highest BCUT2D eigenvalue weighted by Crippen LogP contribution is 2.24. The quantitative estimate of drug-likeness (QED) is 0.261. The summed E-state index contributed by atoms with van der Waals surface area (Å²) >= 11 is 0. The zero-order chi connectivity index (χ0) is 20.8. The second-order valence-electron chi connectivity index (χ2n) is 6.72. The monoisotopic (exact) mass is 400 g/mol. The third kappa shape index (κ3) is 4.49. The lowest BCUT2D eigenvalue weighted by Gasteiger charge is -2.12. The van der Waals surface area contributed by atoms with E-state index in [-0.39, 0.29) is 5.69 Å². The zero-order valence-electron chi connectivity index (χ0n) is 16.2. The molecule has 30 heavy (non-hydrogen) atoms. The van der Waals surface area contributed by atoms with Crippen molar-refractivity contribution in [1.82, 2.24) is 15.2 Å². The maximum Gasteiger partial charge on any atom is 0.287 e. The molecule has 0 aliphatic heterocycles. The first kappa shape index (κ1) is 19.3. The van der Waals surface area contributed by atoms with Gasteiger partial charge in [0.25, 0.3) is 5.69 Å². The number of fused-ring (bicyclic) bond motifs is 1. The van der Waals surface area contributed by atoms with E-state index in [9.17, 15) is 10.1 Å². The van der Waals surface area contributed by atoms with Crippen LogP contribution in [0.1, 0.15) is 11.3 Å². The maximum absolute atomic E-state index is 10.7. The van der Waals surface area contributed by atoms with Gasteiger partial charge in [0.1, 0.15) is 12.0 Å². The Hall–Kier alpha value is -4.07. The van der Waals surface area contributed by atoms with Gasteiger partial charge in [-0.15, -0.1) is 5.10 Å². The van der Waals surface area contributed by atoms with Crippen LogP contribution >= 0.6 is 0 Å². The highest BCUT2D eigenvalue weighted by Gasteiger charge is 2.10. The average Bonchev–Trinajstić information content (AvgIpc) is 2.79. The average molecular weight is 400 g/mol. The number of anilines is 2. The molecular weight excluding hydrogens is 380 g/mol. The Morgan fingerprint density at radius 2 is 1.57 bits per heavy atom.